The van der Waals surface area contributed by atoms with E-state index in [0.717, 1.165) is 11.1 Å². The van der Waals surface area contributed by atoms with Gasteiger partial charge in [-0.25, -0.2) is 8.78 Å². The summed E-state index contributed by atoms with van der Waals surface area (Å²) >= 11 is 5.93. The van der Waals surface area contributed by atoms with Gasteiger partial charge in [0.1, 0.15) is 0 Å². The molecule has 0 bridgehead atoms. The van der Waals surface area contributed by atoms with Gasteiger partial charge in [-0.3, -0.25) is 4.79 Å². The summed E-state index contributed by atoms with van der Waals surface area (Å²) in [6, 6.07) is 3.41. The zero-order valence-corrected chi connectivity index (χ0v) is 11.0. The average molecular weight is 274 g/mol. The molecule has 0 aliphatic carbocycles. The number of amides is 1. The molecular weight excluding hydrogens is 260 g/mol. The second kappa shape index (κ2) is 4.50. The summed E-state index contributed by atoms with van der Waals surface area (Å²) in [5, 5.41) is 0.565. The first kappa shape index (κ1) is 13.3. The van der Waals surface area contributed by atoms with Crippen LogP contribution in [0.1, 0.15) is 28.4 Å². The van der Waals surface area contributed by atoms with Crippen LogP contribution in [0.25, 0.3) is 0 Å². The zero-order valence-electron chi connectivity index (χ0n) is 10.3. The predicted molar refractivity (Wildman–Crippen MR) is 66.4 cm³/mol. The summed E-state index contributed by atoms with van der Waals surface area (Å²) in [6.07, 6.45) is 0.646. The van der Waals surface area contributed by atoms with Crippen molar-refractivity contribution in [1.82, 2.24) is 4.90 Å². The first-order chi connectivity index (χ1) is 8.34. The lowest BCUT2D eigenvalue weighted by atomic mass is 9.97. The van der Waals surface area contributed by atoms with Crippen LogP contribution in [0, 0.1) is 6.92 Å². The Morgan fingerprint density at radius 1 is 1.44 bits per heavy atom. The van der Waals surface area contributed by atoms with Crippen molar-refractivity contribution in [3.05, 3.63) is 33.8 Å². The lowest BCUT2D eigenvalue weighted by molar-refractivity contribution is -0.113. The Morgan fingerprint density at radius 3 is 2.56 bits per heavy atom. The van der Waals surface area contributed by atoms with Crippen LogP contribution in [0.4, 0.5) is 8.78 Å². The van der Waals surface area contributed by atoms with Crippen molar-refractivity contribution in [3.63, 3.8) is 0 Å². The summed E-state index contributed by atoms with van der Waals surface area (Å²) < 4.78 is 25.6. The standard InChI is InChI=1S/C13H14ClF2NO/c1-3-9-5-10(14)4-8(2)11(9)12(18)17-6-13(15,16)7-17/h4-5H,3,6-7H2,1-2H3. The molecule has 0 N–H and O–H groups in total. The Labute approximate surface area is 110 Å². The minimum absolute atomic E-state index is 0.327. The number of hydrogen-bond acceptors (Lipinski definition) is 1. The third-order valence-electron chi connectivity index (χ3n) is 3.11. The quantitative estimate of drug-likeness (QED) is 0.810. The van der Waals surface area contributed by atoms with Gasteiger partial charge in [0.05, 0.1) is 13.1 Å². The summed E-state index contributed by atoms with van der Waals surface area (Å²) in [7, 11) is 0. The van der Waals surface area contributed by atoms with Gasteiger partial charge < -0.3 is 4.90 Å². The Morgan fingerprint density at radius 2 is 2.06 bits per heavy atom. The molecule has 1 saturated heterocycles. The topological polar surface area (TPSA) is 20.3 Å². The van der Waals surface area contributed by atoms with Crippen LogP contribution in [-0.4, -0.2) is 29.8 Å². The van der Waals surface area contributed by atoms with Crippen molar-refractivity contribution < 1.29 is 13.6 Å². The van der Waals surface area contributed by atoms with Crippen LogP contribution in [0.2, 0.25) is 5.02 Å². The van der Waals surface area contributed by atoms with Gasteiger partial charge in [0.25, 0.3) is 11.8 Å². The second-order valence-corrected chi connectivity index (χ2v) is 5.06. The first-order valence-electron chi connectivity index (χ1n) is 5.80. The molecule has 1 aliphatic rings. The predicted octanol–water partition coefficient (Wildman–Crippen LogP) is 3.30. The zero-order chi connectivity index (χ0) is 13.5. The molecule has 0 spiro atoms. The highest BCUT2D eigenvalue weighted by molar-refractivity contribution is 6.30. The lowest BCUT2D eigenvalue weighted by Crippen LogP contribution is -2.58. The van der Waals surface area contributed by atoms with Crippen LogP contribution in [-0.2, 0) is 6.42 Å². The third-order valence-corrected chi connectivity index (χ3v) is 3.33. The summed E-state index contributed by atoms with van der Waals surface area (Å²) in [5.41, 5.74) is 2.05. The van der Waals surface area contributed by atoms with Gasteiger partial charge in [-0.2, -0.15) is 0 Å². The molecule has 1 amide bonds. The van der Waals surface area contributed by atoms with Crippen molar-refractivity contribution in [2.24, 2.45) is 0 Å². The van der Waals surface area contributed by atoms with Crippen molar-refractivity contribution in [3.8, 4) is 0 Å². The Kier molecular flexibility index (Phi) is 3.32. The molecule has 18 heavy (non-hydrogen) atoms. The average Bonchev–Trinajstić information content (AvgIpc) is 2.23. The van der Waals surface area contributed by atoms with E-state index < -0.39 is 19.0 Å². The van der Waals surface area contributed by atoms with Crippen molar-refractivity contribution in [1.29, 1.82) is 0 Å². The van der Waals surface area contributed by atoms with E-state index in [1.807, 2.05) is 6.92 Å². The molecule has 2 rings (SSSR count). The van der Waals surface area contributed by atoms with E-state index in [-0.39, 0.29) is 5.91 Å². The molecule has 1 fully saturated rings. The molecule has 0 aromatic heterocycles. The summed E-state index contributed by atoms with van der Waals surface area (Å²) in [6.45, 7) is 2.71. The van der Waals surface area contributed by atoms with E-state index in [9.17, 15) is 13.6 Å². The number of benzene rings is 1. The van der Waals surface area contributed by atoms with E-state index >= 15 is 0 Å². The number of carbonyl (C=O) groups is 1. The fraction of sp³-hybridized carbons (Fsp3) is 0.462. The highest BCUT2D eigenvalue weighted by Gasteiger charge is 2.46. The number of likely N-dealkylation sites (tertiary alicyclic amines) is 1. The smallest absolute Gasteiger partial charge is 0.282 e. The van der Waals surface area contributed by atoms with Gasteiger partial charge >= 0.3 is 0 Å². The molecule has 5 heteroatoms. The Hall–Kier alpha value is -1.16. The molecule has 1 heterocycles. The molecule has 2 nitrogen and oxygen atoms in total. The van der Waals surface area contributed by atoms with Crippen LogP contribution >= 0.6 is 11.6 Å². The molecular formula is C13H14ClF2NO. The Bertz CT molecular complexity index is 494. The fourth-order valence-electron chi connectivity index (χ4n) is 2.21. The maximum absolute atomic E-state index is 12.8. The van der Waals surface area contributed by atoms with Gasteiger partial charge in [0, 0.05) is 10.6 Å². The van der Waals surface area contributed by atoms with E-state index in [2.05, 4.69) is 0 Å². The van der Waals surface area contributed by atoms with E-state index in [4.69, 9.17) is 11.6 Å². The van der Waals surface area contributed by atoms with Crippen molar-refractivity contribution >= 4 is 17.5 Å². The normalized spacial score (nSPS) is 17.5. The van der Waals surface area contributed by atoms with Crippen LogP contribution in [0.5, 0.6) is 0 Å². The van der Waals surface area contributed by atoms with Gasteiger partial charge in [-0.05, 0) is 36.6 Å². The van der Waals surface area contributed by atoms with Crippen LogP contribution < -0.4 is 0 Å². The monoisotopic (exact) mass is 273 g/mol. The molecule has 0 atom stereocenters. The second-order valence-electron chi connectivity index (χ2n) is 4.63. The molecule has 98 valence electrons. The van der Waals surface area contributed by atoms with Gasteiger partial charge in [0.2, 0.25) is 0 Å². The number of halogens is 3. The molecule has 0 radical (unpaired) electrons. The van der Waals surface area contributed by atoms with E-state index in [1.165, 1.54) is 4.90 Å². The van der Waals surface area contributed by atoms with E-state index in [0.29, 0.717) is 17.0 Å². The van der Waals surface area contributed by atoms with Crippen molar-refractivity contribution in [2.45, 2.75) is 26.2 Å². The first-order valence-corrected chi connectivity index (χ1v) is 6.18. The minimum atomic E-state index is -2.73. The SMILES string of the molecule is CCc1cc(Cl)cc(C)c1C(=O)N1CC(F)(F)C1. The number of alkyl halides is 2. The summed E-state index contributed by atoms with van der Waals surface area (Å²) in [5.74, 6) is -3.06. The van der Waals surface area contributed by atoms with E-state index in [1.54, 1.807) is 19.1 Å². The third kappa shape index (κ3) is 2.34. The molecule has 1 aromatic rings. The molecule has 1 aromatic carbocycles. The molecule has 0 unspecified atom stereocenters. The van der Waals surface area contributed by atoms with Gasteiger partial charge in [0.15, 0.2) is 0 Å². The highest BCUT2D eigenvalue weighted by atomic mass is 35.5. The number of carbonyl (C=O) groups excluding carboxylic acids is 1. The van der Waals surface area contributed by atoms with Crippen LogP contribution in [0.15, 0.2) is 12.1 Å². The minimum Gasteiger partial charge on any atom is -0.326 e. The number of rotatable bonds is 2. The number of nitrogens with zero attached hydrogens (tertiary/aromatic N) is 1. The van der Waals surface area contributed by atoms with Crippen LogP contribution in [0.3, 0.4) is 0 Å². The largest absolute Gasteiger partial charge is 0.326 e. The number of hydrogen-bond donors (Lipinski definition) is 0. The Balaban J connectivity index is 2.31. The lowest BCUT2D eigenvalue weighted by Gasteiger charge is -2.39. The van der Waals surface area contributed by atoms with Gasteiger partial charge in [-0.1, -0.05) is 18.5 Å². The maximum Gasteiger partial charge on any atom is 0.282 e. The molecule has 1 aliphatic heterocycles. The highest BCUT2D eigenvalue weighted by Crippen LogP contribution is 2.30. The fourth-order valence-corrected chi connectivity index (χ4v) is 2.51. The molecule has 0 saturated carbocycles. The number of aryl methyl sites for hydroxylation is 2. The maximum atomic E-state index is 12.8. The van der Waals surface area contributed by atoms with Crippen molar-refractivity contribution in [2.75, 3.05) is 13.1 Å². The van der Waals surface area contributed by atoms with Gasteiger partial charge in [-0.15, -0.1) is 0 Å². The summed E-state index contributed by atoms with van der Waals surface area (Å²) in [4.78, 5) is 13.4.